The lowest BCUT2D eigenvalue weighted by Crippen LogP contribution is -2.01. The summed E-state index contributed by atoms with van der Waals surface area (Å²) in [6.07, 6.45) is 0. The van der Waals surface area contributed by atoms with Crippen LogP contribution in [0.2, 0.25) is 0 Å². The number of anilines is 1. The van der Waals surface area contributed by atoms with Gasteiger partial charge in [-0.15, -0.1) is 11.3 Å². The fourth-order valence-corrected chi connectivity index (χ4v) is 3.29. The molecule has 1 N–H and O–H groups in total. The topological polar surface area (TPSA) is 50.7 Å². The number of rotatable bonds is 3. The summed E-state index contributed by atoms with van der Waals surface area (Å²) in [6, 6.07) is 10.0. The van der Waals surface area contributed by atoms with E-state index in [9.17, 15) is 0 Å². The fraction of sp³-hybridized carbons (Fsp3) is 0.133. The molecule has 0 unspecified atom stereocenters. The van der Waals surface area contributed by atoms with Crippen molar-refractivity contribution in [3.05, 3.63) is 45.9 Å². The number of hydrogen-bond donors (Lipinski definition) is 1. The monoisotopic (exact) mass is 360 g/mol. The summed E-state index contributed by atoms with van der Waals surface area (Å²) < 4.78 is 0.855. The first-order valence-corrected chi connectivity index (χ1v) is 8.09. The van der Waals surface area contributed by atoms with E-state index in [-0.39, 0.29) is 0 Å². The number of aryl methyl sites for hydroxylation is 1. The van der Waals surface area contributed by atoms with Crippen molar-refractivity contribution in [2.75, 3.05) is 12.4 Å². The molecule has 0 aliphatic rings. The molecule has 6 heteroatoms. The number of aromatic nitrogens is 3. The Morgan fingerprint density at radius 3 is 2.48 bits per heavy atom. The molecule has 2 aromatic heterocycles. The molecule has 0 radical (unpaired) electrons. The van der Waals surface area contributed by atoms with Gasteiger partial charge < -0.3 is 5.32 Å². The molecule has 106 valence electrons. The van der Waals surface area contributed by atoms with Crippen molar-refractivity contribution >= 4 is 33.1 Å². The molecule has 0 atom stereocenters. The Hall–Kier alpha value is -1.79. The molecule has 0 aliphatic carbocycles. The predicted octanol–water partition coefficient (Wildman–Crippen LogP) is 4.38. The third-order valence-corrected chi connectivity index (χ3v) is 4.65. The molecule has 0 amide bonds. The second-order valence-corrected chi connectivity index (χ2v) is 6.12. The molecule has 0 aliphatic heterocycles. The first-order valence-electron chi connectivity index (χ1n) is 6.42. The maximum atomic E-state index is 4.68. The highest BCUT2D eigenvalue weighted by atomic mass is 79.9. The number of halogens is 1. The van der Waals surface area contributed by atoms with Crippen LogP contribution in [0, 0.1) is 6.92 Å². The van der Waals surface area contributed by atoms with E-state index in [0.29, 0.717) is 5.82 Å². The molecule has 0 saturated heterocycles. The van der Waals surface area contributed by atoms with Crippen molar-refractivity contribution < 1.29 is 0 Å². The van der Waals surface area contributed by atoms with Crippen LogP contribution >= 0.6 is 27.3 Å². The normalized spacial score (nSPS) is 10.6. The van der Waals surface area contributed by atoms with E-state index in [1.807, 2.05) is 49.7 Å². The lowest BCUT2D eigenvalue weighted by Gasteiger charge is -2.10. The van der Waals surface area contributed by atoms with Crippen LogP contribution in [-0.2, 0) is 0 Å². The largest absolute Gasteiger partial charge is 0.372 e. The summed E-state index contributed by atoms with van der Waals surface area (Å²) in [4.78, 5) is 13.7. The van der Waals surface area contributed by atoms with Crippen LogP contribution in [0.4, 0.5) is 5.82 Å². The van der Waals surface area contributed by atoms with Crippen LogP contribution in [-0.4, -0.2) is 22.0 Å². The van der Waals surface area contributed by atoms with Crippen molar-refractivity contribution in [1.82, 2.24) is 15.0 Å². The highest BCUT2D eigenvalue weighted by molar-refractivity contribution is 9.10. The predicted molar refractivity (Wildman–Crippen MR) is 90.6 cm³/mol. The van der Waals surface area contributed by atoms with Gasteiger partial charge in [-0.05, 0) is 22.9 Å². The van der Waals surface area contributed by atoms with Gasteiger partial charge in [0.25, 0.3) is 0 Å². The van der Waals surface area contributed by atoms with E-state index in [2.05, 4.69) is 36.2 Å². The third-order valence-electron chi connectivity index (χ3n) is 2.95. The Kier molecular flexibility index (Phi) is 3.98. The van der Waals surface area contributed by atoms with Gasteiger partial charge in [0.05, 0.1) is 10.2 Å². The molecule has 1 aromatic carbocycles. The van der Waals surface area contributed by atoms with Crippen molar-refractivity contribution in [2.45, 2.75) is 6.92 Å². The quantitative estimate of drug-likeness (QED) is 0.752. The molecule has 0 fully saturated rings. The average molecular weight is 361 g/mol. The van der Waals surface area contributed by atoms with E-state index >= 15 is 0 Å². The zero-order valence-corrected chi connectivity index (χ0v) is 14.0. The molecule has 0 bridgehead atoms. The fourth-order valence-electron chi connectivity index (χ4n) is 1.95. The van der Waals surface area contributed by atoms with E-state index in [1.165, 1.54) is 0 Å². The number of hydrogen-bond acceptors (Lipinski definition) is 5. The standard InChI is InChI=1S/C15H13BrN4S/c1-9-8-21-15(18-9)14-19-12(10-6-4-3-5-7-10)11(16)13(17-2)20-14/h3-8H,1-2H3,(H,17,19,20). The molecule has 0 saturated carbocycles. The SMILES string of the molecule is CNc1nc(-c2nc(C)cs2)nc(-c2ccccc2)c1Br. The Balaban J connectivity index is 2.20. The van der Waals surface area contributed by atoms with E-state index < -0.39 is 0 Å². The number of thiazole rings is 1. The highest BCUT2D eigenvalue weighted by Gasteiger charge is 2.15. The van der Waals surface area contributed by atoms with Gasteiger partial charge in [0.15, 0.2) is 10.8 Å². The van der Waals surface area contributed by atoms with E-state index in [1.54, 1.807) is 11.3 Å². The minimum absolute atomic E-state index is 0.638. The molecule has 3 rings (SSSR count). The zero-order valence-electron chi connectivity index (χ0n) is 11.6. The number of nitrogens with zero attached hydrogens (tertiary/aromatic N) is 3. The first-order chi connectivity index (χ1) is 10.2. The Morgan fingerprint density at radius 1 is 1.10 bits per heavy atom. The molecule has 0 spiro atoms. The highest BCUT2D eigenvalue weighted by Crippen LogP contribution is 2.34. The van der Waals surface area contributed by atoms with Gasteiger partial charge in [0.1, 0.15) is 5.82 Å². The molecular formula is C15H13BrN4S. The minimum atomic E-state index is 0.638. The lowest BCUT2D eigenvalue weighted by atomic mass is 10.1. The van der Waals surface area contributed by atoms with Gasteiger partial charge in [0.2, 0.25) is 0 Å². The second-order valence-electron chi connectivity index (χ2n) is 4.47. The summed E-state index contributed by atoms with van der Waals surface area (Å²) >= 11 is 5.14. The average Bonchev–Trinajstić information content (AvgIpc) is 2.95. The van der Waals surface area contributed by atoms with Crippen molar-refractivity contribution in [1.29, 1.82) is 0 Å². The molecular weight excluding hydrogens is 348 g/mol. The van der Waals surface area contributed by atoms with E-state index in [4.69, 9.17) is 0 Å². The summed E-state index contributed by atoms with van der Waals surface area (Å²) in [5.41, 5.74) is 2.88. The summed E-state index contributed by atoms with van der Waals surface area (Å²) in [7, 11) is 1.85. The third kappa shape index (κ3) is 2.82. The molecule has 21 heavy (non-hydrogen) atoms. The molecule has 3 aromatic rings. The van der Waals surface area contributed by atoms with Crippen LogP contribution in [0.1, 0.15) is 5.69 Å². The van der Waals surface area contributed by atoms with Gasteiger partial charge in [0, 0.05) is 23.7 Å². The van der Waals surface area contributed by atoms with Gasteiger partial charge in [-0.1, -0.05) is 30.3 Å². The van der Waals surface area contributed by atoms with Gasteiger partial charge in [-0.2, -0.15) is 0 Å². The smallest absolute Gasteiger partial charge is 0.191 e. The van der Waals surface area contributed by atoms with E-state index in [0.717, 1.165) is 32.2 Å². The zero-order chi connectivity index (χ0) is 14.8. The maximum absolute atomic E-state index is 4.68. The van der Waals surface area contributed by atoms with Gasteiger partial charge in [-0.25, -0.2) is 15.0 Å². The number of benzene rings is 1. The van der Waals surface area contributed by atoms with Crippen LogP contribution < -0.4 is 5.32 Å². The van der Waals surface area contributed by atoms with Gasteiger partial charge in [-0.3, -0.25) is 0 Å². The maximum Gasteiger partial charge on any atom is 0.191 e. The van der Waals surface area contributed by atoms with Crippen molar-refractivity contribution in [3.63, 3.8) is 0 Å². The Morgan fingerprint density at radius 2 is 1.86 bits per heavy atom. The Bertz CT molecular complexity index is 771. The Labute approximate surface area is 135 Å². The molecule has 4 nitrogen and oxygen atoms in total. The van der Waals surface area contributed by atoms with Gasteiger partial charge >= 0.3 is 0 Å². The van der Waals surface area contributed by atoms with Crippen LogP contribution in [0.25, 0.3) is 22.1 Å². The van der Waals surface area contributed by atoms with Crippen molar-refractivity contribution in [2.24, 2.45) is 0 Å². The molecule has 2 heterocycles. The van der Waals surface area contributed by atoms with Crippen LogP contribution in [0.15, 0.2) is 40.2 Å². The van der Waals surface area contributed by atoms with Crippen LogP contribution in [0.5, 0.6) is 0 Å². The first kappa shape index (κ1) is 14.2. The summed E-state index contributed by atoms with van der Waals surface area (Å²) in [5, 5.41) is 5.93. The lowest BCUT2D eigenvalue weighted by molar-refractivity contribution is 1.13. The van der Waals surface area contributed by atoms with Crippen molar-refractivity contribution in [3.8, 4) is 22.1 Å². The van der Waals surface area contributed by atoms with Crippen LogP contribution in [0.3, 0.4) is 0 Å². The minimum Gasteiger partial charge on any atom is -0.372 e. The summed E-state index contributed by atoms with van der Waals surface area (Å²) in [6.45, 7) is 1.97. The summed E-state index contributed by atoms with van der Waals surface area (Å²) in [5.74, 6) is 1.39. The number of nitrogens with one attached hydrogen (secondary N) is 1. The second kappa shape index (κ2) is 5.91.